The Labute approximate surface area is 112 Å². The molecule has 0 fully saturated rings. The van der Waals surface area contributed by atoms with Gasteiger partial charge in [0.05, 0.1) is 6.54 Å². The molecular weight excluding hydrogens is 238 g/mol. The zero-order valence-electron chi connectivity index (χ0n) is 10.8. The van der Waals surface area contributed by atoms with Crippen LogP contribution in [0.4, 0.5) is 0 Å². The molecule has 0 aliphatic heterocycles. The van der Waals surface area contributed by atoms with Gasteiger partial charge in [-0.3, -0.25) is 4.79 Å². The SMILES string of the molecule is Cc1cccc(=O)n1Cc1ccccc1C#CCO. The van der Waals surface area contributed by atoms with Crippen LogP contribution in [0, 0.1) is 18.8 Å². The van der Waals surface area contributed by atoms with Gasteiger partial charge in [0, 0.05) is 17.3 Å². The highest BCUT2D eigenvalue weighted by atomic mass is 16.2. The first kappa shape index (κ1) is 13.1. The van der Waals surface area contributed by atoms with E-state index in [1.807, 2.05) is 37.3 Å². The van der Waals surface area contributed by atoms with Gasteiger partial charge in [0.2, 0.25) is 0 Å². The quantitative estimate of drug-likeness (QED) is 0.825. The van der Waals surface area contributed by atoms with Crippen molar-refractivity contribution in [2.75, 3.05) is 6.61 Å². The van der Waals surface area contributed by atoms with E-state index in [9.17, 15) is 4.79 Å². The summed E-state index contributed by atoms with van der Waals surface area (Å²) in [6.45, 7) is 2.23. The summed E-state index contributed by atoms with van der Waals surface area (Å²) in [6.07, 6.45) is 0. The molecule has 0 aliphatic carbocycles. The Morgan fingerprint density at radius 3 is 2.68 bits per heavy atom. The lowest BCUT2D eigenvalue weighted by molar-refractivity contribution is 0.350. The minimum atomic E-state index is -0.168. The number of aryl methyl sites for hydroxylation is 1. The van der Waals surface area contributed by atoms with Crippen LogP contribution in [0.3, 0.4) is 0 Å². The maximum absolute atomic E-state index is 11.9. The second-order valence-electron chi connectivity index (χ2n) is 4.21. The van der Waals surface area contributed by atoms with Crippen LogP contribution in [0.5, 0.6) is 0 Å². The lowest BCUT2D eigenvalue weighted by Crippen LogP contribution is -2.21. The van der Waals surface area contributed by atoms with Crippen molar-refractivity contribution in [1.29, 1.82) is 0 Å². The van der Waals surface area contributed by atoms with Crippen LogP contribution in [-0.4, -0.2) is 16.3 Å². The topological polar surface area (TPSA) is 42.2 Å². The number of aliphatic hydroxyl groups is 1. The smallest absolute Gasteiger partial charge is 0.251 e. The normalized spacial score (nSPS) is 9.79. The second-order valence-corrected chi connectivity index (χ2v) is 4.21. The fraction of sp³-hybridized carbons (Fsp3) is 0.188. The van der Waals surface area contributed by atoms with E-state index in [-0.39, 0.29) is 12.2 Å². The molecule has 2 aromatic rings. The number of pyridine rings is 1. The molecule has 0 amide bonds. The predicted octanol–water partition coefficient (Wildman–Crippen LogP) is 1.55. The predicted molar refractivity (Wildman–Crippen MR) is 74.9 cm³/mol. The monoisotopic (exact) mass is 253 g/mol. The Morgan fingerprint density at radius 2 is 1.95 bits per heavy atom. The maximum atomic E-state index is 11.9. The number of benzene rings is 1. The molecule has 1 aromatic heterocycles. The first-order chi connectivity index (χ1) is 9.22. The molecule has 1 N–H and O–H groups in total. The number of hydrogen-bond donors (Lipinski definition) is 1. The van der Waals surface area contributed by atoms with Gasteiger partial charge < -0.3 is 9.67 Å². The standard InChI is InChI=1S/C16H15NO2/c1-13-6-4-10-16(19)17(13)12-15-8-3-2-7-14(15)9-5-11-18/h2-4,6-8,10,18H,11-12H2,1H3. The van der Waals surface area contributed by atoms with Gasteiger partial charge in [-0.15, -0.1) is 0 Å². The number of rotatable bonds is 2. The lowest BCUT2D eigenvalue weighted by atomic mass is 10.1. The van der Waals surface area contributed by atoms with Gasteiger partial charge in [0.1, 0.15) is 6.61 Å². The van der Waals surface area contributed by atoms with Gasteiger partial charge in [-0.1, -0.05) is 36.1 Å². The van der Waals surface area contributed by atoms with Gasteiger partial charge >= 0.3 is 0 Å². The molecule has 3 heteroatoms. The van der Waals surface area contributed by atoms with E-state index in [1.54, 1.807) is 16.7 Å². The third-order valence-corrected chi connectivity index (χ3v) is 2.92. The molecule has 3 nitrogen and oxygen atoms in total. The van der Waals surface area contributed by atoms with E-state index < -0.39 is 0 Å². The van der Waals surface area contributed by atoms with Crippen molar-refractivity contribution in [2.24, 2.45) is 0 Å². The molecule has 0 saturated carbocycles. The summed E-state index contributed by atoms with van der Waals surface area (Å²) in [5, 5.41) is 8.77. The molecule has 0 unspecified atom stereocenters. The highest BCUT2D eigenvalue weighted by Crippen LogP contribution is 2.09. The van der Waals surface area contributed by atoms with Crippen molar-refractivity contribution in [3.8, 4) is 11.8 Å². The van der Waals surface area contributed by atoms with Gasteiger partial charge in [-0.2, -0.15) is 0 Å². The lowest BCUT2D eigenvalue weighted by Gasteiger charge is -2.10. The number of aromatic nitrogens is 1. The van der Waals surface area contributed by atoms with Gasteiger partial charge in [-0.25, -0.2) is 0 Å². The molecule has 1 aromatic carbocycles. The fourth-order valence-corrected chi connectivity index (χ4v) is 1.91. The Balaban J connectivity index is 2.41. The Bertz CT molecular complexity index is 690. The summed E-state index contributed by atoms with van der Waals surface area (Å²) in [7, 11) is 0. The van der Waals surface area contributed by atoms with Crippen LogP contribution < -0.4 is 5.56 Å². The summed E-state index contributed by atoms with van der Waals surface area (Å²) in [4.78, 5) is 11.9. The van der Waals surface area contributed by atoms with Crippen molar-refractivity contribution in [3.63, 3.8) is 0 Å². The molecular formula is C16H15NO2. The van der Waals surface area contributed by atoms with Crippen LogP contribution in [0.2, 0.25) is 0 Å². The van der Waals surface area contributed by atoms with Crippen LogP contribution >= 0.6 is 0 Å². The molecule has 96 valence electrons. The van der Waals surface area contributed by atoms with E-state index in [1.165, 1.54) is 0 Å². The maximum Gasteiger partial charge on any atom is 0.251 e. The molecule has 19 heavy (non-hydrogen) atoms. The van der Waals surface area contributed by atoms with E-state index in [0.29, 0.717) is 6.54 Å². The zero-order valence-corrected chi connectivity index (χ0v) is 10.8. The van der Waals surface area contributed by atoms with Gasteiger partial charge in [0.25, 0.3) is 5.56 Å². The molecule has 0 atom stereocenters. The van der Waals surface area contributed by atoms with E-state index in [2.05, 4.69) is 11.8 Å². The van der Waals surface area contributed by atoms with Crippen LogP contribution in [0.1, 0.15) is 16.8 Å². The molecule has 1 heterocycles. The zero-order chi connectivity index (χ0) is 13.7. The minimum absolute atomic E-state index is 0.0232. The first-order valence-electron chi connectivity index (χ1n) is 6.06. The van der Waals surface area contributed by atoms with Crippen molar-refractivity contribution < 1.29 is 5.11 Å². The van der Waals surface area contributed by atoms with Crippen molar-refractivity contribution >= 4 is 0 Å². The number of nitrogens with zero attached hydrogens (tertiary/aromatic N) is 1. The van der Waals surface area contributed by atoms with Crippen molar-refractivity contribution in [1.82, 2.24) is 4.57 Å². The number of hydrogen-bond acceptors (Lipinski definition) is 2. The molecule has 0 radical (unpaired) electrons. The van der Waals surface area contributed by atoms with Crippen LogP contribution in [0.15, 0.2) is 47.3 Å². The third kappa shape index (κ3) is 3.12. The molecule has 0 saturated heterocycles. The summed E-state index contributed by atoms with van der Waals surface area (Å²) < 4.78 is 1.71. The third-order valence-electron chi connectivity index (χ3n) is 2.92. The van der Waals surface area contributed by atoms with Crippen molar-refractivity contribution in [3.05, 3.63) is 69.6 Å². The Kier molecular flexibility index (Phi) is 4.17. The van der Waals surface area contributed by atoms with Gasteiger partial charge in [-0.05, 0) is 24.6 Å². The van der Waals surface area contributed by atoms with E-state index >= 15 is 0 Å². The summed E-state index contributed by atoms with van der Waals surface area (Å²) >= 11 is 0. The fourth-order valence-electron chi connectivity index (χ4n) is 1.91. The summed E-state index contributed by atoms with van der Waals surface area (Å²) in [5.74, 6) is 5.54. The molecule has 0 bridgehead atoms. The van der Waals surface area contributed by atoms with Crippen molar-refractivity contribution in [2.45, 2.75) is 13.5 Å². The second kappa shape index (κ2) is 6.03. The number of aliphatic hydroxyl groups excluding tert-OH is 1. The highest BCUT2D eigenvalue weighted by molar-refractivity contribution is 5.41. The Hall–Kier alpha value is -2.31. The molecule has 0 aliphatic rings. The Morgan fingerprint density at radius 1 is 1.16 bits per heavy atom. The largest absolute Gasteiger partial charge is 0.384 e. The minimum Gasteiger partial charge on any atom is -0.384 e. The van der Waals surface area contributed by atoms with E-state index in [0.717, 1.165) is 16.8 Å². The van der Waals surface area contributed by atoms with E-state index in [4.69, 9.17) is 5.11 Å². The van der Waals surface area contributed by atoms with Gasteiger partial charge in [0.15, 0.2) is 0 Å². The summed E-state index contributed by atoms with van der Waals surface area (Å²) in [5.41, 5.74) is 2.70. The summed E-state index contributed by atoms with van der Waals surface area (Å²) in [6, 6.07) is 12.9. The van der Waals surface area contributed by atoms with Crippen LogP contribution in [-0.2, 0) is 6.54 Å². The molecule has 2 rings (SSSR count). The first-order valence-corrected chi connectivity index (χ1v) is 6.06. The molecule has 0 spiro atoms. The average molecular weight is 253 g/mol. The average Bonchev–Trinajstić information content (AvgIpc) is 2.42. The van der Waals surface area contributed by atoms with Crippen LogP contribution in [0.25, 0.3) is 0 Å². The highest BCUT2D eigenvalue weighted by Gasteiger charge is 2.04.